The average molecular weight is 324 g/mol. The number of para-hydroxylation sites is 2. The average Bonchev–Trinajstić information content (AvgIpc) is 2.92. The number of benzene rings is 2. The van der Waals surface area contributed by atoms with Crippen molar-refractivity contribution in [2.75, 3.05) is 18.5 Å². The Kier molecular flexibility index (Phi) is 4.79. The molecule has 1 aliphatic heterocycles. The Morgan fingerprint density at radius 1 is 1.17 bits per heavy atom. The van der Waals surface area contributed by atoms with Gasteiger partial charge < -0.3 is 15.0 Å². The van der Waals surface area contributed by atoms with Crippen LogP contribution in [-0.2, 0) is 11.3 Å². The Labute approximate surface area is 141 Å². The molecule has 0 aliphatic carbocycles. The summed E-state index contributed by atoms with van der Waals surface area (Å²) < 4.78 is 5.50. The first-order valence-electron chi connectivity index (χ1n) is 8.08. The van der Waals surface area contributed by atoms with E-state index in [4.69, 9.17) is 4.74 Å². The van der Waals surface area contributed by atoms with Gasteiger partial charge in [0.25, 0.3) is 5.91 Å². The van der Waals surface area contributed by atoms with Gasteiger partial charge in [0.15, 0.2) is 0 Å². The lowest BCUT2D eigenvalue weighted by atomic mass is 10.1. The molecule has 0 saturated carbocycles. The van der Waals surface area contributed by atoms with Crippen molar-refractivity contribution in [3.8, 4) is 5.75 Å². The predicted octanol–water partition coefficient (Wildman–Crippen LogP) is 3.07. The Bertz CT molecular complexity index is 758. The van der Waals surface area contributed by atoms with Crippen molar-refractivity contribution in [2.45, 2.75) is 19.9 Å². The molecule has 0 spiro atoms. The Morgan fingerprint density at radius 3 is 2.71 bits per heavy atom. The number of fused-ring (bicyclic) bond motifs is 1. The maximum Gasteiger partial charge on any atom is 0.254 e. The van der Waals surface area contributed by atoms with Gasteiger partial charge in [-0.05, 0) is 30.7 Å². The SMILES string of the molecule is CCOc1ccccc1NC(=O)CCN1Cc2ccccc2C1=O. The summed E-state index contributed by atoms with van der Waals surface area (Å²) in [7, 11) is 0. The molecule has 5 heteroatoms. The van der Waals surface area contributed by atoms with Crippen molar-refractivity contribution in [1.29, 1.82) is 0 Å². The molecule has 0 radical (unpaired) electrons. The van der Waals surface area contributed by atoms with Crippen molar-refractivity contribution in [3.63, 3.8) is 0 Å². The van der Waals surface area contributed by atoms with Crippen molar-refractivity contribution < 1.29 is 14.3 Å². The van der Waals surface area contributed by atoms with E-state index in [9.17, 15) is 9.59 Å². The van der Waals surface area contributed by atoms with Crippen LogP contribution in [-0.4, -0.2) is 29.9 Å². The minimum Gasteiger partial charge on any atom is -0.492 e. The number of anilines is 1. The van der Waals surface area contributed by atoms with Gasteiger partial charge in [-0.25, -0.2) is 0 Å². The van der Waals surface area contributed by atoms with Crippen LogP contribution in [0.25, 0.3) is 0 Å². The third-order valence-electron chi connectivity index (χ3n) is 3.97. The van der Waals surface area contributed by atoms with Crippen LogP contribution in [0.15, 0.2) is 48.5 Å². The number of rotatable bonds is 6. The highest BCUT2D eigenvalue weighted by atomic mass is 16.5. The minimum atomic E-state index is -0.133. The zero-order chi connectivity index (χ0) is 16.9. The van der Waals surface area contributed by atoms with Crippen molar-refractivity contribution in [2.24, 2.45) is 0 Å². The molecule has 2 aromatic carbocycles. The van der Waals surface area contributed by atoms with Crippen LogP contribution in [0.4, 0.5) is 5.69 Å². The normalized spacial score (nSPS) is 12.9. The van der Waals surface area contributed by atoms with E-state index in [-0.39, 0.29) is 18.2 Å². The van der Waals surface area contributed by atoms with Gasteiger partial charge in [-0.15, -0.1) is 0 Å². The fraction of sp³-hybridized carbons (Fsp3) is 0.263. The lowest BCUT2D eigenvalue weighted by Crippen LogP contribution is -2.28. The molecular weight excluding hydrogens is 304 g/mol. The van der Waals surface area contributed by atoms with E-state index in [0.717, 1.165) is 11.1 Å². The molecule has 1 aliphatic rings. The van der Waals surface area contributed by atoms with Gasteiger partial charge in [-0.1, -0.05) is 30.3 Å². The lowest BCUT2D eigenvalue weighted by Gasteiger charge is -2.16. The summed E-state index contributed by atoms with van der Waals surface area (Å²) in [5, 5.41) is 2.85. The van der Waals surface area contributed by atoms with Crippen LogP contribution in [0.3, 0.4) is 0 Å². The molecular formula is C19H20N2O3. The van der Waals surface area contributed by atoms with Crippen LogP contribution < -0.4 is 10.1 Å². The molecule has 0 atom stereocenters. The number of hydrogen-bond donors (Lipinski definition) is 1. The molecule has 5 nitrogen and oxygen atoms in total. The van der Waals surface area contributed by atoms with Crippen molar-refractivity contribution in [3.05, 3.63) is 59.7 Å². The number of nitrogens with zero attached hydrogens (tertiary/aromatic N) is 1. The fourth-order valence-corrected chi connectivity index (χ4v) is 2.80. The summed E-state index contributed by atoms with van der Waals surface area (Å²) in [5.41, 5.74) is 2.41. The Morgan fingerprint density at radius 2 is 1.92 bits per heavy atom. The second kappa shape index (κ2) is 7.17. The third kappa shape index (κ3) is 3.40. The zero-order valence-electron chi connectivity index (χ0n) is 13.6. The molecule has 2 aromatic rings. The molecule has 1 heterocycles. The molecule has 0 unspecified atom stereocenters. The third-order valence-corrected chi connectivity index (χ3v) is 3.97. The van der Waals surface area contributed by atoms with Crippen LogP contribution in [0, 0.1) is 0 Å². The quantitative estimate of drug-likeness (QED) is 0.888. The highest BCUT2D eigenvalue weighted by molar-refractivity contribution is 5.99. The monoisotopic (exact) mass is 324 g/mol. The zero-order valence-corrected chi connectivity index (χ0v) is 13.6. The van der Waals surface area contributed by atoms with Crippen molar-refractivity contribution in [1.82, 2.24) is 4.90 Å². The van der Waals surface area contributed by atoms with E-state index in [0.29, 0.717) is 31.1 Å². The number of carbonyl (C=O) groups is 2. The number of ether oxygens (including phenoxy) is 1. The Hall–Kier alpha value is -2.82. The molecule has 24 heavy (non-hydrogen) atoms. The summed E-state index contributed by atoms with van der Waals surface area (Å²) in [6, 6.07) is 14.9. The van der Waals surface area contributed by atoms with E-state index in [1.165, 1.54) is 0 Å². The molecule has 3 rings (SSSR count). The first-order chi connectivity index (χ1) is 11.7. The van der Waals surface area contributed by atoms with Crippen LogP contribution in [0.2, 0.25) is 0 Å². The maximum absolute atomic E-state index is 12.3. The fourth-order valence-electron chi connectivity index (χ4n) is 2.80. The van der Waals surface area contributed by atoms with Crippen molar-refractivity contribution >= 4 is 17.5 Å². The molecule has 1 N–H and O–H groups in total. The first kappa shape index (κ1) is 16.1. The van der Waals surface area contributed by atoms with E-state index >= 15 is 0 Å². The highest BCUT2D eigenvalue weighted by Crippen LogP contribution is 2.25. The summed E-state index contributed by atoms with van der Waals surface area (Å²) in [6.45, 7) is 3.40. The topological polar surface area (TPSA) is 58.6 Å². The van der Waals surface area contributed by atoms with E-state index in [1.807, 2.05) is 49.4 Å². The van der Waals surface area contributed by atoms with Gasteiger partial charge >= 0.3 is 0 Å². The van der Waals surface area contributed by atoms with Gasteiger partial charge in [-0.2, -0.15) is 0 Å². The number of amides is 2. The first-order valence-corrected chi connectivity index (χ1v) is 8.08. The number of hydrogen-bond acceptors (Lipinski definition) is 3. The minimum absolute atomic E-state index is 0.00637. The molecule has 0 bridgehead atoms. The van der Waals surface area contributed by atoms with E-state index < -0.39 is 0 Å². The smallest absolute Gasteiger partial charge is 0.254 e. The van der Waals surface area contributed by atoms with Crippen LogP contribution in [0.1, 0.15) is 29.3 Å². The predicted molar refractivity (Wildman–Crippen MR) is 92.0 cm³/mol. The molecule has 124 valence electrons. The molecule has 2 amide bonds. The Balaban J connectivity index is 1.57. The molecule has 0 fully saturated rings. The lowest BCUT2D eigenvalue weighted by molar-refractivity contribution is -0.116. The van der Waals surface area contributed by atoms with Gasteiger partial charge in [-0.3, -0.25) is 9.59 Å². The number of carbonyl (C=O) groups excluding carboxylic acids is 2. The second-order valence-corrected chi connectivity index (χ2v) is 5.61. The molecule has 0 saturated heterocycles. The highest BCUT2D eigenvalue weighted by Gasteiger charge is 2.26. The maximum atomic E-state index is 12.3. The van der Waals surface area contributed by atoms with Crippen LogP contribution >= 0.6 is 0 Å². The second-order valence-electron chi connectivity index (χ2n) is 5.61. The summed E-state index contributed by atoms with van der Waals surface area (Å²) in [6.07, 6.45) is 0.250. The van der Waals surface area contributed by atoms with Gasteiger partial charge in [0.2, 0.25) is 5.91 Å². The summed E-state index contributed by atoms with van der Waals surface area (Å²) >= 11 is 0. The summed E-state index contributed by atoms with van der Waals surface area (Å²) in [5.74, 6) is 0.511. The van der Waals surface area contributed by atoms with E-state index in [2.05, 4.69) is 5.32 Å². The largest absolute Gasteiger partial charge is 0.492 e. The summed E-state index contributed by atoms with van der Waals surface area (Å²) in [4.78, 5) is 26.2. The standard InChI is InChI=1S/C19H20N2O3/c1-2-24-17-10-6-5-9-16(17)20-18(22)11-12-21-13-14-7-3-4-8-15(14)19(21)23/h3-10H,2,11-13H2,1H3,(H,20,22). The molecule has 0 aromatic heterocycles. The van der Waals surface area contributed by atoms with E-state index in [1.54, 1.807) is 11.0 Å². The van der Waals surface area contributed by atoms with Gasteiger partial charge in [0.1, 0.15) is 5.75 Å². The van der Waals surface area contributed by atoms with Gasteiger partial charge in [0, 0.05) is 25.1 Å². The number of nitrogens with one attached hydrogen (secondary N) is 1. The van der Waals surface area contributed by atoms with Crippen LogP contribution in [0.5, 0.6) is 5.75 Å². The van der Waals surface area contributed by atoms with Gasteiger partial charge in [0.05, 0.1) is 12.3 Å².